The van der Waals surface area contributed by atoms with E-state index in [9.17, 15) is 12.8 Å². The van der Waals surface area contributed by atoms with Crippen LogP contribution >= 0.6 is 0 Å². The number of ether oxygens (including phenoxy) is 2. The van der Waals surface area contributed by atoms with Crippen LogP contribution in [0, 0.1) is 19.7 Å². The lowest BCUT2D eigenvalue weighted by Gasteiger charge is -2.37. The first kappa shape index (κ1) is 22.7. The van der Waals surface area contributed by atoms with Gasteiger partial charge in [0.1, 0.15) is 18.2 Å². The summed E-state index contributed by atoms with van der Waals surface area (Å²) in [6.45, 7) is 3.69. The van der Waals surface area contributed by atoms with E-state index in [1.165, 1.54) is 30.6 Å². The van der Waals surface area contributed by atoms with E-state index in [2.05, 4.69) is 15.0 Å². The fourth-order valence-electron chi connectivity index (χ4n) is 4.78. The summed E-state index contributed by atoms with van der Waals surface area (Å²) in [7, 11) is -3.70. The molecule has 4 heterocycles. The molecular weight excluding hydrogens is 459 g/mol. The van der Waals surface area contributed by atoms with Gasteiger partial charge in [0.05, 0.1) is 16.2 Å². The van der Waals surface area contributed by atoms with E-state index in [0.717, 1.165) is 18.5 Å². The SMILES string of the molecule is Cc1ncccc1Oc1ncnc(OC2C[C@@H]3CC[C@@H](C2)N3S(=O)(=O)c2ccc(F)cc2)c1C. The number of benzene rings is 1. The molecule has 0 radical (unpaired) electrons. The number of hydrogen-bond acceptors (Lipinski definition) is 7. The summed E-state index contributed by atoms with van der Waals surface area (Å²) in [5.41, 5.74) is 1.41. The van der Waals surface area contributed by atoms with Gasteiger partial charge in [-0.3, -0.25) is 4.98 Å². The zero-order valence-corrected chi connectivity index (χ0v) is 19.7. The molecule has 2 aliphatic rings. The van der Waals surface area contributed by atoms with E-state index >= 15 is 0 Å². The molecule has 2 saturated heterocycles. The molecule has 0 aliphatic carbocycles. The van der Waals surface area contributed by atoms with Crippen molar-refractivity contribution in [1.29, 1.82) is 0 Å². The molecule has 2 atom stereocenters. The minimum Gasteiger partial charge on any atom is -0.474 e. The Balaban J connectivity index is 1.32. The molecule has 0 unspecified atom stereocenters. The molecule has 2 aromatic heterocycles. The van der Waals surface area contributed by atoms with Crippen LogP contribution < -0.4 is 9.47 Å². The average Bonchev–Trinajstić information content (AvgIpc) is 3.10. The van der Waals surface area contributed by atoms with E-state index in [1.54, 1.807) is 16.6 Å². The fraction of sp³-hybridized carbons (Fsp3) is 0.375. The normalized spacial score (nSPS) is 22.5. The molecule has 0 saturated carbocycles. The highest BCUT2D eigenvalue weighted by atomic mass is 32.2. The Morgan fingerprint density at radius 3 is 2.32 bits per heavy atom. The largest absolute Gasteiger partial charge is 0.474 e. The van der Waals surface area contributed by atoms with Gasteiger partial charge >= 0.3 is 0 Å². The number of piperidine rings is 1. The van der Waals surface area contributed by atoms with Crippen molar-refractivity contribution < 1.29 is 22.3 Å². The number of halogens is 1. The Kier molecular flexibility index (Phi) is 5.95. The number of hydrogen-bond donors (Lipinski definition) is 0. The van der Waals surface area contributed by atoms with Crippen molar-refractivity contribution in [1.82, 2.24) is 19.3 Å². The smallest absolute Gasteiger partial charge is 0.243 e. The first-order chi connectivity index (χ1) is 16.3. The van der Waals surface area contributed by atoms with Gasteiger partial charge in [0, 0.05) is 31.1 Å². The molecule has 2 aliphatic heterocycles. The van der Waals surface area contributed by atoms with Crippen molar-refractivity contribution in [3.63, 3.8) is 0 Å². The van der Waals surface area contributed by atoms with Gasteiger partial charge < -0.3 is 9.47 Å². The molecular formula is C24H25FN4O4S. The maximum absolute atomic E-state index is 13.3. The van der Waals surface area contributed by atoms with Crippen LogP contribution in [-0.2, 0) is 10.0 Å². The lowest BCUT2D eigenvalue weighted by molar-refractivity contribution is 0.0907. The molecule has 2 bridgehead atoms. The second kappa shape index (κ2) is 8.92. The highest BCUT2D eigenvalue weighted by Gasteiger charge is 2.48. The number of aryl methyl sites for hydroxylation is 1. The van der Waals surface area contributed by atoms with Gasteiger partial charge in [0.25, 0.3) is 0 Å². The number of sulfonamides is 1. The average molecular weight is 485 g/mol. The van der Waals surface area contributed by atoms with E-state index in [0.29, 0.717) is 35.9 Å². The minimum absolute atomic E-state index is 0.115. The van der Waals surface area contributed by atoms with E-state index in [1.807, 2.05) is 19.9 Å². The second-order valence-electron chi connectivity index (χ2n) is 8.68. The van der Waals surface area contributed by atoms with Gasteiger partial charge in [-0.15, -0.1) is 0 Å². The van der Waals surface area contributed by atoms with Gasteiger partial charge in [-0.05, 0) is 63.1 Å². The van der Waals surface area contributed by atoms with Crippen LogP contribution in [0.5, 0.6) is 17.5 Å². The van der Waals surface area contributed by atoms with Crippen LogP contribution in [0.4, 0.5) is 4.39 Å². The predicted octanol–water partition coefficient (Wildman–Crippen LogP) is 4.18. The van der Waals surface area contributed by atoms with E-state index in [-0.39, 0.29) is 23.1 Å². The topological polar surface area (TPSA) is 94.5 Å². The summed E-state index contributed by atoms with van der Waals surface area (Å²) in [5.74, 6) is 0.954. The molecule has 1 aromatic carbocycles. The quantitative estimate of drug-likeness (QED) is 0.518. The lowest BCUT2D eigenvalue weighted by Crippen LogP contribution is -2.49. The van der Waals surface area contributed by atoms with Crippen LogP contribution in [0.15, 0.2) is 53.8 Å². The second-order valence-corrected chi connectivity index (χ2v) is 10.5. The number of fused-ring (bicyclic) bond motifs is 2. The molecule has 8 nitrogen and oxygen atoms in total. The van der Waals surface area contributed by atoms with Crippen molar-refractivity contribution in [3.8, 4) is 17.5 Å². The number of aromatic nitrogens is 3. The molecule has 2 fully saturated rings. The van der Waals surface area contributed by atoms with Crippen molar-refractivity contribution in [3.05, 3.63) is 66.0 Å². The van der Waals surface area contributed by atoms with Crippen LogP contribution in [0.1, 0.15) is 36.9 Å². The van der Waals surface area contributed by atoms with Gasteiger partial charge in [0.15, 0.2) is 5.75 Å². The molecule has 3 aromatic rings. The lowest BCUT2D eigenvalue weighted by atomic mass is 10.0. The summed E-state index contributed by atoms with van der Waals surface area (Å²) in [6, 6.07) is 8.26. The van der Waals surface area contributed by atoms with Crippen molar-refractivity contribution in [2.75, 3.05) is 0 Å². The summed E-state index contributed by atoms with van der Waals surface area (Å²) in [4.78, 5) is 12.9. The van der Waals surface area contributed by atoms with Gasteiger partial charge in [0.2, 0.25) is 21.8 Å². The Hall–Kier alpha value is -3.11. The molecule has 178 valence electrons. The highest BCUT2D eigenvalue weighted by molar-refractivity contribution is 7.89. The van der Waals surface area contributed by atoms with Crippen LogP contribution in [0.25, 0.3) is 0 Å². The third-order valence-electron chi connectivity index (χ3n) is 6.45. The summed E-state index contributed by atoms with van der Waals surface area (Å²) in [5, 5.41) is 0. The maximum atomic E-state index is 13.3. The highest BCUT2D eigenvalue weighted by Crippen LogP contribution is 2.41. The molecule has 0 N–H and O–H groups in total. The first-order valence-corrected chi connectivity index (χ1v) is 12.6. The molecule has 5 rings (SSSR count). The number of rotatable bonds is 6. The van der Waals surface area contributed by atoms with Crippen molar-refractivity contribution in [2.24, 2.45) is 0 Å². The monoisotopic (exact) mass is 484 g/mol. The Labute approximate surface area is 197 Å². The van der Waals surface area contributed by atoms with E-state index < -0.39 is 15.8 Å². The predicted molar refractivity (Wildman–Crippen MR) is 122 cm³/mol. The van der Waals surface area contributed by atoms with Gasteiger partial charge in [-0.1, -0.05) is 0 Å². The summed E-state index contributed by atoms with van der Waals surface area (Å²) < 4.78 is 53.6. The fourth-order valence-corrected chi connectivity index (χ4v) is 6.67. The zero-order valence-electron chi connectivity index (χ0n) is 18.9. The van der Waals surface area contributed by atoms with Crippen molar-refractivity contribution in [2.45, 2.75) is 62.6 Å². The van der Waals surface area contributed by atoms with Crippen LogP contribution in [-0.4, -0.2) is 45.9 Å². The molecule has 0 amide bonds. The minimum atomic E-state index is -3.70. The Morgan fingerprint density at radius 2 is 1.65 bits per heavy atom. The molecule has 34 heavy (non-hydrogen) atoms. The Bertz CT molecular complexity index is 1290. The number of nitrogens with zero attached hydrogens (tertiary/aromatic N) is 4. The summed E-state index contributed by atoms with van der Waals surface area (Å²) in [6.07, 6.45) is 5.55. The third kappa shape index (κ3) is 4.23. The maximum Gasteiger partial charge on any atom is 0.243 e. The zero-order chi connectivity index (χ0) is 23.9. The van der Waals surface area contributed by atoms with Crippen LogP contribution in [0.3, 0.4) is 0 Å². The van der Waals surface area contributed by atoms with Gasteiger partial charge in [-0.25, -0.2) is 22.8 Å². The van der Waals surface area contributed by atoms with Crippen molar-refractivity contribution >= 4 is 10.0 Å². The van der Waals surface area contributed by atoms with E-state index in [4.69, 9.17) is 9.47 Å². The Morgan fingerprint density at radius 1 is 0.971 bits per heavy atom. The molecule has 10 heteroatoms. The molecule has 0 spiro atoms. The van der Waals surface area contributed by atoms with Crippen LogP contribution in [0.2, 0.25) is 0 Å². The standard InChI is InChI=1S/C24H25FN4O4S/c1-15-23(27-14-28-24(15)33-22-4-3-11-26-16(22)2)32-20-12-18-7-8-19(13-20)29(18)34(30,31)21-9-5-17(25)6-10-21/h3-6,9-11,14,18-20H,7-8,12-13H2,1-2H3/t18-,19-/m0/s1. The first-order valence-electron chi connectivity index (χ1n) is 11.2. The van der Waals surface area contributed by atoms with Gasteiger partial charge in [-0.2, -0.15) is 4.31 Å². The number of pyridine rings is 1. The third-order valence-corrected chi connectivity index (χ3v) is 8.47. The summed E-state index contributed by atoms with van der Waals surface area (Å²) >= 11 is 0.